The molecule has 1 saturated heterocycles. The SMILES string of the molecule is O=C(c1cc(-c2ccc(Br)cc2)nc2ccccc12)N1CCN(c2ccc(O)cc2)CC1. The zero-order valence-corrected chi connectivity index (χ0v) is 19.0. The summed E-state index contributed by atoms with van der Waals surface area (Å²) in [5.74, 6) is 0.293. The van der Waals surface area contributed by atoms with Crippen molar-refractivity contribution in [2.75, 3.05) is 31.1 Å². The molecule has 1 aromatic heterocycles. The number of amides is 1. The minimum absolute atomic E-state index is 0.0346. The summed E-state index contributed by atoms with van der Waals surface area (Å²) in [6.07, 6.45) is 0. The lowest BCUT2D eigenvalue weighted by atomic mass is 10.0. The van der Waals surface area contributed by atoms with Gasteiger partial charge in [0.1, 0.15) is 5.75 Å². The van der Waals surface area contributed by atoms with Gasteiger partial charge in [-0.2, -0.15) is 0 Å². The number of nitrogens with zero attached hydrogens (tertiary/aromatic N) is 3. The van der Waals surface area contributed by atoms with E-state index in [1.807, 2.05) is 71.6 Å². The number of pyridine rings is 1. The second-order valence-corrected chi connectivity index (χ2v) is 8.79. The van der Waals surface area contributed by atoms with Gasteiger partial charge in [0, 0.05) is 47.3 Å². The molecule has 0 radical (unpaired) electrons. The maximum atomic E-state index is 13.6. The first-order chi connectivity index (χ1) is 15.6. The number of halogens is 1. The van der Waals surface area contributed by atoms with Crippen LogP contribution < -0.4 is 4.90 Å². The van der Waals surface area contributed by atoms with Crippen molar-refractivity contribution in [1.82, 2.24) is 9.88 Å². The Morgan fingerprint density at radius 3 is 2.28 bits per heavy atom. The first kappa shape index (κ1) is 20.5. The third-order valence-corrected chi connectivity index (χ3v) is 6.40. The number of benzene rings is 3. The van der Waals surface area contributed by atoms with Gasteiger partial charge in [-0.1, -0.05) is 46.3 Å². The Bertz CT molecular complexity index is 1260. The van der Waals surface area contributed by atoms with Gasteiger partial charge in [0.05, 0.1) is 16.8 Å². The topological polar surface area (TPSA) is 56.7 Å². The normalized spacial score (nSPS) is 14.0. The van der Waals surface area contributed by atoms with Gasteiger partial charge in [0.15, 0.2) is 0 Å². The van der Waals surface area contributed by atoms with Gasteiger partial charge in [-0.25, -0.2) is 4.98 Å². The zero-order valence-electron chi connectivity index (χ0n) is 17.4. The van der Waals surface area contributed by atoms with Crippen LogP contribution in [0.25, 0.3) is 22.2 Å². The lowest BCUT2D eigenvalue weighted by molar-refractivity contribution is 0.0748. The third-order valence-electron chi connectivity index (χ3n) is 5.87. The number of aromatic hydroxyl groups is 1. The molecule has 0 spiro atoms. The predicted octanol–water partition coefficient (Wildman–Crippen LogP) is 5.33. The van der Waals surface area contributed by atoms with Gasteiger partial charge >= 0.3 is 0 Å². The number of piperazine rings is 1. The largest absolute Gasteiger partial charge is 0.508 e. The summed E-state index contributed by atoms with van der Waals surface area (Å²) < 4.78 is 1.00. The summed E-state index contributed by atoms with van der Waals surface area (Å²) in [6, 6.07) is 24.9. The number of hydrogen-bond acceptors (Lipinski definition) is 4. The van der Waals surface area contributed by atoms with E-state index in [4.69, 9.17) is 4.98 Å². The molecule has 0 unspecified atom stereocenters. The number of carbonyl (C=O) groups excluding carboxylic acids is 1. The maximum absolute atomic E-state index is 13.6. The molecule has 1 amide bonds. The minimum atomic E-state index is 0.0346. The Morgan fingerprint density at radius 2 is 1.56 bits per heavy atom. The molecular weight excluding hydrogens is 466 g/mol. The fourth-order valence-electron chi connectivity index (χ4n) is 4.12. The highest BCUT2D eigenvalue weighted by Crippen LogP contribution is 2.28. The molecule has 2 heterocycles. The Kier molecular flexibility index (Phi) is 5.53. The average molecular weight is 488 g/mol. The van der Waals surface area contributed by atoms with E-state index < -0.39 is 0 Å². The first-order valence-electron chi connectivity index (χ1n) is 10.6. The van der Waals surface area contributed by atoms with Crippen molar-refractivity contribution in [3.63, 3.8) is 0 Å². The molecule has 5 nitrogen and oxygen atoms in total. The highest BCUT2D eigenvalue weighted by Gasteiger charge is 2.24. The molecule has 1 fully saturated rings. The molecule has 1 aliphatic rings. The number of phenols is 1. The van der Waals surface area contributed by atoms with E-state index >= 15 is 0 Å². The van der Waals surface area contributed by atoms with Crippen molar-refractivity contribution in [2.45, 2.75) is 0 Å². The van der Waals surface area contributed by atoms with Crippen LogP contribution in [-0.4, -0.2) is 47.1 Å². The van der Waals surface area contributed by atoms with Crippen LogP contribution in [0.3, 0.4) is 0 Å². The van der Waals surface area contributed by atoms with E-state index in [0.29, 0.717) is 18.7 Å². The highest BCUT2D eigenvalue weighted by molar-refractivity contribution is 9.10. The number of anilines is 1. The van der Waals surface area contributed by atoms with Gasteiger partial charge in [-0.15, -0.1) is 0 Å². The Balaban J connectivity index is 1.43. The standard InChI is InChI=1S/C26H22BrN3O2/c27-19-7-5-18(6-8-19)25-17-23(22-3-1-2-4-24(22)28-25)26(32)30-15-13-29(14-16-30)20-9-11-21(31)12-10-20/h1-12,17,31H,13-16H2. The molecule has 32 heavy (non-hydrogen) atoms. The number of aromatic nitrogens is 1. The van der Waals surface area contributed by atoms with Crippen LogP contribution in [0, 0.1) is 0 Å². The molecule has 0 aliphatic carbocycles. The molecule has 3 aromatic carbocycles. The molecule has 160 valence electrons. The molecular formula is C26H22BrN3O2. The lowest BCUT2D eigenvalue weighted by Gasteiger charge is -2.36. The van der Waals surface area contributed by atoms with E-state index in [2.05, 4.69) is 20.8 Å². The number of fused-ring (bicyclic) bond motifs is 1. The van der Waals surface area contributed by atoms with Gasteiger partial charge in [0.2, 0.25) is 0 Å². The molecule has 1 aliphatic heterocycles. The van der Waals surface area contributed by atoms with Crippen LogP contribution >= 0.6 is 15.9 Å². The molecule has 6 heteroatoms. The number of hydrogen-bond donors (Lipinski definition) is 1. The fraction of sp³-hybridized carbons (Fsp3) is 0.154. The number of para-hydroxylation sites is 1. The van der Waals surface area contributed by atoms with Crippen LogP contribution in [-0.2, 0) is 0 Å². The summed E-state index contributed by atoms with van der Waals surface area (Å²) in [4.78, 5) is 22.5. The van der Waals surface area contributed by atoms with Gasteiger partial charge in [0.25, 0.3) is 5.91 Å². The summed E-state index contributed by atoms with van der Waals surface area (Å²) in [7, 11) is 0. The quantitative estimate of drug-likeness (QED) is 0.424. The number of carbonyl (C=O) groups is 1. The molecule has 0 saturated carbocycles. The van der Waals surface area contributed by atoms with E-state index in [9.17, 15) is 9.90 Å². The Hall–Kier alpha value is -3.38. The van der Waals surface area contributed by atoms with E-state index in [1.165, 1.54) is 0 Å². The average Bonchev–Trinajstić information content (AvgIpc) is 2.84. The van der Waals surface area contributed by atoms with Gasteiger partial charge < -0.3 is 14.9 Å². The summed E-state index contributed by atoms with van der Waals surface area (Å²) in [5.41, 5.74) is 4.33. The van der Waals surface area contributed by atoms with Crippen LogP contribution in [0.15, 0.2) is 83.3 Å². The first-order valence-corrected chi connectivity index (χ1v) is 11.4. The molecule has 4 aromatic rings. The molecule has 5 rings (SSSR count). The van der Waals surface area contributed by atoms with E-state index in [1.54, 1.807) is 12.1 Å². The molecule has 1 N–H and O–H groups in total. The minimum Gasteiger partial charge on any atom is -0.508 e. The summed E-state index contributed by atoms with van der Waals surface area (Å²) >= 11 is 3.48. The van der Waals surface area contributed by atoms with Crippen molar-refractivity contribution in [3.05, 3.63) is 88.9 Å². The van der Waals surface area contributed by atoms with Crippen molar-refractivity contribution in [3.8, 4) is 17.0 Å². The van der Waals surface area contributed by atoms with Gasteiger partial charge in [-0.3, -0.25) is 4.79 Å². The van der Waals surface area contributed by atoms with Crippen LogP contribution in [0.5, 0.6) is 5.75 Å². The second kappa shape index (κ2) is 8.63. The number of phenolic OH excluding ortho intramolecular Hbond substituents is 1. The highest BCUT2D eigenvalue weighted by atomic mass is 79.9. The van der Waals surface area contributed by atoms with Gasteiger partial charge in [-0.05, 0) is 48.5 Å². The zero-order chi connectivity index (χ0) is 22.1. The lowest BCUT2D eigenvalue weighted by Crippen LogP contribution is -2.48. The van der Waals surface area contributed by atoms with Crippen molar-refractivity contribution in [1.29, 1.82) is 0 Å². The molecule has 0 atom stereocenters. The predicted molar refractivity (Wildman–Crippen MR) is 131 cm³/mol. The van der Waals surface area contributed by atoms with E-state index in [-0.39, 0.29) is 11.7 Å². The fourth-order valence-corrected chi connectivity index (χ4v) is 4.39. The Labute approximate surface area is 195 Å². The van der Waals surface area contributed by atoms with E-state index in [0.717, 1.165) is 45.4 Å². The third kappa shape index (κ3) is 4.06. The van der Waals surface area contributed by atoms with Crippen LogP contribution in [0.2, 0.25) is 0 Å². The van der Waals surface area contributed by atoms with Crippen LogP contribution in [0.1, 0.15) is 10.4 Å². The van der Waals surface area contributed by atoms with Crippen molar-refractivity contribution >= 4 is 38.4 Å². The number of rotatable bonds is 3. The second-order valence-electron chi connectivity index (χ2n) is 7.87. The monoisotopic (exact) mass is 487 g/mol. The summed E-state index contributed by atoms with van der Waals surface area (Å²) in [6.45, 7) is 2.78. The smallest absolute Gasteiger partial charge is 0.254 e. The van der Waals surface area contributed by atoms with Crippen molar-refractivity contribution in [2.24, 2.45) is 0 Å². The van der Waals surface area contributed by atoms with Crippen LogP contribution in [0.4, 0.5) is 5.69 Å². The maximum Gasteiger partial charge on any atom is 0.254 e. The Morgan fingerprint density at radius 1 is 0.875 bits per heavy atom. The summed E-state index contributed by atoms with van der Waals surface area (Å²) in [5, 5.41) is 10.4. The molecule has 0 bridgehead atoms. The van der Waals surface area contributed by atoms with Crippen molar-refractivity contribution < 1.29 is 9.90 Å².